The van der Waals surface area contributed by atoms with Crippen molar-refractivity contribution in [2.45, 2.75) is 6.92 Å². The Kier molecular flexibility index (Phi) is 4.11. The largest absolute Gasteiger partial charge is 0.303 e. The summed E-state index contributed by atoms with van der Waals surface area (Å²) >= 11 is 1.49. The highest BCUT2D eigenvalue weighted by atomic mass is 32.1. The number of allylic oxidation sites excluding steroid dienone is 1. The van der Waals surface area contributed by atoms with Gasteiger partial charge in [0.05, 0.1) is 0 Å². The first-order chi connectivity index (χ1) is 9.13. The highest BCUT2D eigenvalue weighted by Gasteiger charge is 2.16. The molecule has 0 aliphatic heterocycles. The second-order valence-electron chi connectivity index (χ2n) is 4.05. The number of amides is 1. The van der Waals surface area contributed by atoms with Gasteiger partial charge in [0.1, 0.15) is 10.0 Å². The normalized spacial score (nSPS) is 10.8. The summed E-state index contributed by atoms with van der Waals surface area (Å²) in [7, 11) is 3.67. The average molecular weight is 271 g/mol. The van der Waals surface area contributed by atoms with Crippen LogP contribution in [0.15, 0.2) is 36.7 Å². The number of likely N-dealkylation sites (N-methyl/N-ethyl adjacent to an activating group) is 1. The first-order valence-corrected chi connectivity index (χ1v) is 6.73. The summed E-state index contributed by atoms with van der Waals surface area (Å²) in [6, 6.07) is 3.84. The number of anilines is 1. The molecule has 0 aliphatic rings. The molecule has 0 saturated carbocycles. The number of aromatic nitrogens is 2. The molecule has 4 nitrogen and oxygen atoms in total. The molecular formula is C13H14BN3OS. The maximum absolute atomic E-state index is 11.8. The summed E-state index contributed by atoms with van der Waals surface area (Å²) in [4.78, 5) is 22.1. The molecule has 6 heteroatoms. The van der Waals surface area contributed by atoms with Crippen molar-refractivity contribution in [3.63, 3.8) is 0 Å². The monoisotopic (exact) mass is 271 g/mol. The second kappa shape index (κ2) is 5.80. The summed E-state index contributed by atoms with van der Waals surface area (Å²) in [5.41, 5.74) is 1.82. The van der Waals surface area contributed by atoms with Gasteiger partial charge < -0.3 is 4.90 Å². The third-order valence-corrected chi connectivity index (χ3v) is 3.91. The van der Waals surface area contributed by atoms with Crippen LogP contribution in [-0.2, 0) is 4.79 Å². The molecule has 0 unspecified atom stereocenters. The molecule has 96 valence electrons. The van der Waals surface area contributed by atoms with Crippen LogP contribution in [0.2, 0.25) is 0 Å². The Balaban J connectivity index is 2.34. The van der Waals surface area contributed by atoms with E-state index in [1.165, 1.54) is 11.3 Å². The van der Waals surface area contributed by atoms with Gasteiger partial charge >= 0.3 is 0 Å². The van der Waals surface area contributed by atoms with E-state index in [0.29, 0.717) is 0 Å². The van der Waals surface area contributed by atoms with Crippen LogP contribution in [0.25, 0.3) is 10.6 Å². The molecule has 2 aromatic rings. The van der Waals surface area contributed by atoms with Gasteiger partial charge in [0.25, 0.3) is 5.91 Å². The van der Waals surface area contributed by atoms with Gasteiger partial charge in [0.2, 0.25) is 0 Å². The summed E-state index contributed by atoms with van der Waals surface area (Å²) in [5, 5.41) is 1.74. The fraction of sp³-hybridized carbons (Fsp3) is 0.154. The zero-order valence-electron chi connectivity index (χ0n) is 11.1. The smallest absolute Gasteiger partial charge is 0.251 e. The summed E-state index contributed by atoms with van der Waals surface area (Å²) in [5.74, 6) is -0.0491. The van der Waals surface area contributed by atoms with Crippen LogP contribution in [0.1, 0.15) is 6.92 Å². The molecule has 0 spiro atoms. The number of carbonyl (C=O) groups is 1. The predicted molar refractivity (Wildman–Crippen MR) is 81.7 cm³/mol. The molecule has 0 bridgehead atoms. The van der Waals surface area contributed by atoms with Gasteiger partial charge in [0, 0.05) is 30.6 Å². The Morgan fingerprint density at radius 2 is 2.32 bits per heavy atom. The fourth-order valence-electron chi connectivity index (χ4n) is 1.67. The lowest BCUT2D eigenvalue weighted by Gasteiger charge is -2.13. The Bertz CT molecular complexity index is 610. The van der Waals surface area contributed by atoms with E-state index >= 15 is 0 Å². The molecule has 0 radical (unpaired) electrons. The van der Waals surface area contributed by atoms with Crippen molar-refractivity contribution in [3.05, 3.63) is 36.7 Å². The first-order valence-electron chi connectivity index (χ1n) is 5.91. The molecule has 0 atom stereocenters. The molecular weight excluding hydrogens is 257 g/mol. The zero-order chi connectivity index (χ0) is 13.8. The molecule has 2 heterocycles. The summed E-state index contributed by atoms with van der Waals surface area (Å²) < 4.78 is 0. The van der Waals surface area contributed by atoms with Crippen LogP contribution in [0.3, 0.4) is 0 Å². The quantitative estimate of drug-likeness (QED) is 0.618. The van der Waals surface area contributed by atoms with E-state index in [2.05, 4.69) is 9.97 Å². The molecule has 2 rings (SSSR count). The highest BCUT2D eigenvalue weighted by molar-refractivity contribution is 7.20. The van der Waals surface area contributed by atoms with E-state index in [4.69, 9.17) is 0 Å². The lowest BCUT2D eigenvalue weighted by molar-refractivity contribution is -0.113. The number of pyridine rings is 1. The Labute approximate surface area is 117 Å². The lowest BCUT2D eigenvalue weighted by atomic mass is 10.1. The van der Waals surface area contributed by atoms with E-state index in [-0.39, 0.29) is 5.91 Å². The van der Waals surface area contributed by atoms with Crippen LogP contribution in [0.4, 0.5) is 5.00 Å². The van der Waals surface area contributed by atoms with Crippen molar-refractivity contribution in [1.29, 1.82) is 0 Å². The third-order valence-electron chi connectivity index (χ3n) is 2.63. The van der Waals surface area contributed by atoms with Crippen LogP contribution in [0, 0.1) is 0 Å². The van der Waals surface area contributed by atoms with Crippen LogP contribution in [-0.4, -0.2) is 30.8 Å². The molecule has 0 N–H and O–H groups in total. The standard InChI is InChI=1S/C13H14BN3OS/c1-3-5-10(18)17(2)13-11(14)16-12(19-13)9-6-4-7-15-8-9/h3-8H,14H2,1-2H3/b5-3+. The number of rotatable bonds is 3. The Morgan fingerprint density at radius 1 is 1.53 bits per heavy atom. The minimum absolute atomic E-state index is 0.0491. The topological polar surface area (TPSA) is 46.1 Å². The number of hydrogen-bond acceptors (Lipinski definition) is 4. The van der Waals surface area contributed by atoms with Gasteiger partial charge in [-0.15, -0.1) is 0 Å². The van der Waals surface area contributed by atoms with Gasteiger partial charge in [0.15, 0.2) is 7.85 Å². The Hall–Kier alpha value is -1.95. The second-order valence-corrected chi connectivity index (χ2v) is 5.03. The SMILES string of the molecule is Bc1nc(-c2cccnc2)sc1N(C)C(=O)/C=C/C. The lowest BCUT2D eigenvalue weighted by Crippen LogP contribution is -2.27. The van der Waals surface area contributed by atoms with Gasteiger partial charge in [-0.05, 0) is 25.1 Å². The summed E-state index contributed by atoms with van der Waals surface area (Å²) in [6.07, 6.45) is 6.78. The fourth-order valence-corrected chi connectivity index (χ4v) is 2.69. The van der Waals surface area contributed by atoms with E-state index < -0.39 is 0 Å². The van der Waals surface area contributed by atoms with Crippen molar-refractivity contribution >= 4 is 35.7 Å². The first kappa shape index (κ1) is 13.5. The van der Waals surface area contributed by atoms with Crippen LogP contribution < -0.4 is 10.5 Å². The van der Waals surface area contributed by atoms with Gasteiger partial charge in [-0.2, -0.15) is 0 Å². The molecule has 1 amide bonds. The Morgan fingerprint density at radius 3 is 2.95 bits per heavy atom. The minimum Gasteiger partial charge on any atom is -0.303 e. The van der Waals surface area contributed by atoms with Crippen molar-refractivity contribution < 1.29 is 4.79 Å². The highest BCUT2D eigenvalue weighted by Crippen LogP contribution is 2.28. The number of hydrogen-bond donors (Lipinski definition) is 0. The molecule has 0 aliphatic carbocycles. The molecule has 0 fully saturated rings. The maximum atomic E-state index is 11.8. The number of nitrogens with zero attached hydrogens (tertiary/aromatic N) is 3. The average Bonchev–Trinajstić information content (AvgIpc) is 2.81. The van der Waals surface area contributed by atoms with Gasteiger partial charge in [-0.25, -0.2) is 4.98 Å². The van der Waals surface area contributed by atoms with Crippen molar-refractivity contribution in [2.24, 2.45) is 0 Å². The molecule has 0 saturated heterocycles. The van der Waals surface area contributed by atoms with E-state index in [9.17, 15) is 4.79 Å². The van der Waals surface area contributed by atoms with E-state index in [0.717, 1.165) is 21.2 Å². The van der Waals surface area contributed by atoms with Crippen molar-refractivity contribution in [3.8, 4) is 10.6 Å². The number of carbonyl (C=O) groups excluding carboxylic acids is 1. The molecule has 19 heavy (non-hydrogen) atoms. The molecule has 2 aromatic heterocycles. The summed E-state index contributed by atoms with van der Waals surface area (Å²) in [6.45, 7) is 1.83. The minimum atomic E-state index is -0.0491. The number of thiazole rings is 1. The maximum Gasteiger partial charge on any atom is 0.251 e. The zero-order valence-corrected chi connectivity index (χ0v) is 11.9. The molecule has 0 aromatic carbocycles. The van der Waals surface area contributed by atoms with Gasteiger partial charge in [-0.1, -0.05) is 17.4 Å². The third kappa shape index (κ3) is 2.90. The van der Waals surface area contributed by atoms with Gasteiger partial charge in [-0.3, -0.25) is 9.78 Å². The van der Waals surface area contributed by atoms with E-state index in [1.54, 1.807) is 36.5 Å². The predicted octanol–water partition coefficient (Wildman–Crippen LogP) is 1.00. The van der Waals surface area contributed by atoms with E-state index in [1.807, 2.05) is 26.9 Å². The van der Waals surface area contributed by atoms with Crippen molar-refractivity contribution in [2.75, 3.05) is 11.9 Å². The van der Waals surface area contributed by atoms with Crippen molar-refractivity contribution in [1.82, 2.24) is 9.97 Å². The van der Waals surface area contributed by atoms with Crippen LogP contribution in [0.5, 0.6) is 0 Å². The van der Waals surface area contributed by atoms with Crippen LogP contribution >= 0.6 is 11.3 Å².